The molecular weight excluding hydrogens is 459 g/mol. The van der Waals surface area contributed by atoms with E-state index in [1.807, 2.05) is 0 Å². The highest BCUT2D eigenvalue weighted by Crippen LogP contribution is 2.25. The van der Waals surface area contributed by atoms with E-state index in [-0.39, 0.29) is 41.5 Å². The van der Waals surface area contributed by atoms with Crippen LogP contribution in [-0.4, -0.2) is 60.4 Å². The lowest BCUT2D eigenvalue weighted by molar-refractivity contribution is -0.127. The summed E-state index contributed by atoms with van der Waals surface area (Å²) in [4.78, 5) is 29.8. The minimum atomic E-state index is -3.02. The fraction of sp³-hybridized carbons (Fsp3) is 0.462. The van der Waals surface area contributed by atoms with Gasteiger partial charge in [0.2, 0.25) is 5.91 Å². The molecule has 0 radical (unpaired) electrons. The number of nitrogens with zero attached hydrogens (tertiary/aromatic N) is 2. The number of likely N-dealkylation sites (tertiary alicyclic amines) is 2. The van der Waals surface area contributed by atoms with Crippen molar-refractivity contribution in [2.45, 2.75) is 44.9 Å². The number of para-hydroxylation sites is 1. The van der Waals surface area contributed by atoms with Crippen molar-refractivity contribution < 1.29 is 27.5 Å². The molecule has 1 unspecified atom stereocenters. The maximum absolute atomic E-state index is 13.1. The average Bonchev–Trinajstić information content (AvgIpc) is 2.86. The summed E-state index contributed by atoms with van der Waals surface area (Å²) in [7, 11) is 0. The van der Waals surface area contributed by atoms with Gasteiger partial charge < -0.3 is 15.0 Å². The van der Waals surface area contributed by atoms with Gasteiger partial charge in [-0.2, -0.15) is 8.78 Å². The predicted molar refractivity (Wildman–Crippen MR) is 125 cm³/mol. The number of nitrogens with one attached hydrogen (secondary N) is 1. The summed E-state index contributed by atoms with van der Waals surface area (Å²) in [6.07, 6.45) is 2.98. The van der Waals surface area contributed by atoms with E-state index in [4.69, 9.17) is 0 Å². The molecule has 2 aromatic carbocycles. The van der Waals surface area contributed by atoms with Gasteiger partial charge in [0.05, 0.1) is 11.5 Å². The smallest absolute Gasteiger partial charge is 0.387 e. The zero-order valence-electron chi connectivity index (χ0n) is 19.5. The van der Waals surface area contributed by atoms with Crippen LogP contribution in [0.5, 0.6) is 5.75 Å². The Morgan fingerprint density at radius 3 is 2.43 bits per heavy atom. The van der Waals surface area contributed by atoms with Gasteiger partial charge in [0.1, 0.15) is 11.6 Å². The van der Waals surface area contributed by atoms with Crippen LogP contribution in [0.15, 0.2) is 48.5 Å². The van der Waals surface area contributed by atoms with Crippen molar-refractivity contribution in [3.05, 3.63) is 65.5 Å². The van der Waals surface area contributed by atoms with Gasteiger partial charge in [-0.15, -0.1) is 0 Å². The molecule has 9 heteroatoms. The predicted octanol–water partition coefficient (Wildman–Crippen LogP) is 4.06. The van der Waals surface area contributed by atoms with Crippen molar-refractivity contribution in [3.63, 3.8) is 0 Å². The molecule has 2 saturated heterocycles. The third kappa shape index (κ3) is 6.75. The number of alkyl halides is 2. The standard InChI is InChI=1S/C26H30F3N3O3/c27-20-9-7-18(8-10-20)16-31-14-11-21(12-15-31)30-24(33)19-4-3-13-32(17-19)25(34)22-5-1-2-6-23(22)35-26(28)29/h1-2,5-10,19,21,26H,3-4,11-17H2,(H,30,33). The second-order valence-electron chi connectivity index (χ2n) is 9.15. The molecule has 4 rings (SSSR count). The first-order valence-electron chi connectivity index (χ1n) is 12.0. The maximum Gasteiger partial charge on any atom is 0.387 e. The van der Waals surface area contributed by atoms with Crippen LogP contribution in [0.2, 0.25) is 0 Å². The fourth-order valence-electron chi connectivity index (χ4n) is 4.79. The molecule has 0 bridgehead atoms. The Hall–Kier alpha value is -3.07. The topological polar surface area (TPSA) is 61.9 Å². The maximum atomic E-state index is 13.1. The minimum Gasteiger partial charge on any atom is -0.434 e. The SMILES string of the molecule is O=C(NC1CCN(Cc2ccc(F)cc2)CC1)C1CCCN(C(=O)c2ccccc2OC(F)F)C1. The molecule has 2 heterocycles. The quantitative estimate of drug-likeness (QED) is 0.637. The Kier molecular flexibility index (Phi) is 8.28. The van der Waals surface area contributed by atoms with Crippen molar-refractivity contribution in [1.82, 2.24) is 15.1 Å². The molecule has 188 valence electrons. The number of piperidine rings is 2. The minimum absolute atomic E-state index is 0.0678. The Balaban J connectivity index is 1.27. The molecule has 2 fully saturated rings. The Labute approximate surface area is 203 Å². The number of carbonyl (C=O) groups is 2. The number of rotatable bonds is 7. The van der Waals surface area contributed by atoms with Crippen molar-refractivity contribution in [1.29, 1.82) is 0 Å². The molecule has 0 aromatic heterocycles. The normalized spacial score (nSPS) is 19.5. The number of hydrogen-bond donors (Lipinski definition) is 1. The van der Waals surface area contributed by atoms with Crippen molar-refractivity contribution in [3.8, 4) is 5.75 Å². The molecule has 2 aliphatic rings. The molecule has 1 N–H and O–H groups in total. The number of carbonyl (C=O) groups excluding carboxylic acids is 2. The third-order valence-corrected chi connectivity index (χ3v) is 6.67. The molecule has 2 amide bonds. The highest BCUT2D eigenvalue weighted by molar-refractivity contribution is 5.97. The van der Waals surface area contributed by atoms with Crippen molar-refractivity contribution >= 4 is 11.8 Å². The van der Waals surface area contributed by atoms with Gasteiger partial charge in [0.25, 0.3) is 5.91 Å². The highest BCUT2D eigenvalue weighted by Gasteiger charge is 2.32. The van der Waals surface area contributed by atoms with Gasteiger partial charge in [-0.3, -0.25) is 14.5 Å². The molecule has 0 spiro atoms. The van der Waals surface area contributed by atoms with Gasteiger partial charge in [-0.1, -0.05) is 24.3 Å². The van der Waals surface area contributed by atoms with E-state index in [0.717, 1.165) is 38.0 Å². The Bertz CT molecular complexity index is 1010. The van der Waals surface area contributed by atoms with Gasteiger partial charge in [-0.05, 0) is 55.5 Å². The second-order valence-corrected chi connectivity index (χ2v) is 9.15. The van der Waals surface area contributed by atoms with Crippen molar-refractivity contribution in [2.75, 3.05) is 26.2 Å². The lowest BCUT2D eigenvalue weighted by Crippen LogP contribution is -2.50. The molecule has 2 aliphatic heterocycles. The largest absolute Gasteiger partial charge is 0.434 e. The first-order valence-corrected chi connectivity index (χ1v) is 12.0. The molecule has 2 aromatic rings. The number of halogens is 3. The summed E-state index contributed by atoms with van der Waals surface area (Å²) in [6, 6.07) is 12.5. The summed E-state index contributed by atoms with van der Waals surface area (Å²) in [6.45, 7) is 0.102. The number of hydrogen-bond acceptors (Lipinski definition) is 4. The lowest BCUT2D eigenvalue weighted by Gasteiger charge is -2.35. The first-order chi connectivity index (χ1) is 16.9. The van der Waals surface area contributed by atoms with Gasteiger partial charge in [0, 0.05) is 38.8 Å². The molecule has 35 heavy (non-hydrogen) atoms. The van der Waals surface area contributed by atoms with Crippen LogP contribution >= 0.6 is 0 Å². The number of ether oxygens (including phenoxy) is 1. The van der Waals surface area contributed by atoms with Crippen LogP contribution in [0.4, 0.5) is 13.2 Å². The first kappa shape index (κ1) is 25.0. The van der Waals surface area contributed by atoms with E-state index >= 15 is 0 Å². The molecular formula is C26H30F3N3O3. The summed E-state index contributed by atoms with van der Waals surface area (Å²) in [5, 5.41) is 3.14. The number of benzene rings is 2. The van der Waals surface area contributed by atoms with E-state index in [1.54, 1.807) is 23.1 Å². The molecule has 0 saturated carbocycles. The average molecular weight is 490 g/mol. The molecule has 6 nitrogen and oxygen atoms in total. The van der Waals surface area contributed by atoms with E-state index in [9.17, 15) is 22.8 Å². The van der Waals surface area contributed by atoms with E-state index < -0.39 is 12.5 Å². The lowest BCUT2D eigenvalue weighted by atomic mass is 9.95. The van der Waals surface area contributed by atoms with Crippen LogP contribution in [0.25, 0.3) is 0 Å². The zero-order valence-corrected chi connectivity index (χ0v) is 19.5. The van der Waals surface area contributed by atoms with E-state index in [2.05, 4.69) is 15.0 Å². The fourth-order valence-corrected chi connectivity index (χ4v) is 4.79. The van der Waals surface area contributed by atoms with Gasteiger partial charge in [0.15, 0.2) is 0 Å². The second kappa shape index (κ2) is 11.6. The van der Waals surface area contributed by atoms with Crippen LogP contribution in [0, 0.1) is 11.7 Å². The van der Waals surface area contributed by atoms with Crippen molar-refractivity contribution in [2.24, 2.45) is 5.92 Å². The van der Waals surface area contributed by atoms with Crippen LogP contribution < -0.4 is 10.1 Å². The summed E-state index contributed by atoms with van der Waals surface area (Å²) < 4.78 is 43.1. The molecule has 0 aliphatic carbocycles. The van der Waals surface area contributed by atoms with E-state index in [0.29, 0.717) is 19.4 Å². The Morgan fingerprint density at radius 2 is 1.71 bits per heavy atom. The molecule has 1 atom stereocenters. The van der Waals surface area contributed by atoms with E-state index in [1.165, 1.54) is 30.3 Å². The van der Waals surface area contributed by atoms with Gasteiger partial charge >= 0.3 is 6.61 Å². The zero-order chi connectivity index (χ0) is 24.8. The third-order valence-electron chi connectivity index (χ3n) is 6.67. The Morgan fingerprint density at radius 1 is 1.00 bits per heavy atom. The monoisotopic (exact) mass is 489 g/mol. The summed E-state index contributed by atoms with van der Waals surface area (Å²) >= 11 is 0. The van der Waals surface area contributed by atoms with Crippen LogP contribution in [0.1, 0.15) is 41.6 Å². The summed E-state index contributed by atoms with van der Waals surface area (Å²) in [5.41, 5.74) is 1.13. The number of amides is 2. The van der Waals surface area contributed by atoms with Gasteiger partial charge in [-0.25, -0.2) is 4.39 Å². The van der Waals surface area contributed by atoms with Crippen LogP contribution in [0.3, 0.4) is 0 Å². The highest BCUT2D eigenvalue weighted by atomic mass is 19.3. The summed E-state index contributed by atoms with van der Waals surface area (Å²) in [5.74, 6) is -1.23. The van der Waals surface area contributed by atoms with Crippen LogP contribution in [-0.2, 0) is 11.3 Å².